The highest BCUT2D eigenvalue weighted by atomic mass is 35.5. The van der Waals surface area contributed by atoms with Crippen molar-refractivity contribution in [3.05, 3.63) is 134 Å². The fourth-order valence-corrected chi connectivity index (χ4v) is 4.64. The Bertz CT molecular complexity index is 1610. The molecule has 5 nitrogen and oxygen atoms in total. The Hall–Kier alpha value is -3.59. The molecule has 0 saturated heterocycles. The summed E-state index contributed by atoms with van der Waals surface area (Å²) in [6, 6.07) is 22.5. The third-order valence-corrected chi connectivity index (χ3v) is 6.61. The van der Waals surface area contributed by atoms with Gasteiger partial charge in [0.25, 0.3) is 5.56 Å². The van der Waals surface area contributed by atoms with Gasteiger partial charge in [0.1, 0.15) is 6.04 Å². The van der Waals surface area contributed by atoms with Crippen LogP contribution >= 0.6 is 24.0 Å². The van der Waals surface area contributed by atoms with Crippen molar-refractivity contribution in [3.63, 3.8) is 0 Å². The van der Waals surface area contributed by atoms with Crippen LogP contribution in [0.3, 0.4) is 0 Å². The Labute approximate surface area is 234 Å². The lowest BCUT2D eigenvalue weighted by atomic mass is 9.98. The van der Waals surface area contributed by atoms with E-state index >= 15 is 0 Å². The molecule has 2 N–H and O–H groups in total. The second-order valence-corrected chi connectivity index (χ2v) is 9.56. The molecule has 0 aliphatic carbocycles. The lowest BCUT2D eigenvalue weighted by Crippen LogP contribution is -2.34. The minimum atomic E-state index is -4.50. The molecule has 3 aromatic carbocycles. The zero-order chi connectivity index (χ0) is 26.7. The molecule has 5 rings (SSSR count). The maximum atomic E-state index is 14.1. The third-order valence-electron chi connectivity index (χ3n) is 6.37. The molecule has 1 unspecified atom stereocenters. The molecule has 2 heterocycles. The first-order valence-electron chi connectivity index (χ1n) is 12.0. The van der Waals surface area contributed by atoms with E-state index in [-0.39, 0.29) is 30.1 Å². The summed E-state index contributed by atoms with van der Waals surface area (Å²) in [5.41, 5.74) is 3.92. The summed E-state index contributed by atoms with van der Waals surface area (Å²) in [5, 5.41) is 10.8. The number of rotatable bonds is 8. The van der Waals surface area contributed by atoms with Crippen molar-refractivity contribution in [3.8, 4) is 0 Å². The number of hydrogen-bond acceptors (Lipinski definition) is 3. The average molecular weight is 573 g/mol. The molecular weight excluding hydrogens is 548 g/mol. The van der Waals surface area contributed by atoms with Crippen LogP contribution in [0.15, 0.2) is 95.9 Å². The van der Waals surface area contributed by atoms with Crippen molar-refractivity contribution in [2.75, 3.05) is 0 Å². The predicted octanol–water partition coefficient (Wildman–Crippen LogP) is 6.83. The van der Waals surface area contributed by atoms with Crippen molar-refractivity contribution in [2.24, 2.45) is 0 Å². The number of alkyl halides is 3. The SMILES string of the molecule is Cl.O=c1ccccn1Cc1ccc(Cc2cccc(C(NCc3[nH]nc4ccc(Cl)cc34)C(F)(F)F)c2)cc1. The van der Waals surface area contributed by atoms with Crippen molar-refractivity contribution in [1.29, 1.82) is 0 Å². The van der Waals surface area contributed by atoms with Gasteiger partial charge in [-0.05, 0) is 52.9 Å². The van der Waals surface area contributed by atoms with Gasteiger partial charge in [0.05, 0.1) is 17.8 Å². The quantitative estimate of drug-likeness (QED) is 0.214. The van der Waals surface area contributed by atoms with E-state index in [2.05, 4.69) is 15.5 Å². The van der Waals surface area contributed by atoms with Gasteiger partial charge in [0.15, 0.2) is 0 Å². The van der Waals surface area contributed by atoms with Crippen molar-refractivity contribution < 1.29 is 13.2 Å². The summed E-state index contributed by atoms with van der Waals surface area (Å²) in [5.74, 6) is 0. The number of aromatic nitrogens is 3. The first kappa shape index (κ1) is 28.4. The van der Waals surface area contributed by atoms with Gasteiger partial charge in [-0.2, -0.15) is 18.3 Å². The second-order valence-electron chi connectivity index (χ2n) is 9.12. The van der Waals surface area contributed by atoms with Gasteiger partial charge in [-0.25, -0.2) is 0 Å². The monoisotopic (exact) mass is 572 g/mol. The summed E-state index contributed by atoms with van der Waals surface area (Å²) >= 11 is 6.06. The summed E-state index contributed by atoms with van der Waals surface area (Å²) < 4.78 is 43.9. The van der Waals surface area contributed by atoms with Crippen LogP contribution in [0.4, 0.5) is 13.2 Å². The highest BCUT2D eigenvalue weighted by molar-refractivity contribution is 6.31. The van der Waals surface area contributed by atoms with E-state index in [9.17, 15) is 18.0 Å². The Morgan fingerprint density at radius 2 is 1.69 bits per heavy atom. The molecule has 10 heteroatoms. The molecule has 0 spiro atoms. The van der Waals surface area contributed by atoms with E-state index in [1.165, 1.54) is 12.1 Å². The van der Waals surface area contributed by atoms with E-state index in [0.717, 1.165) is 16.7 Å². The largest absolute Gasteiger partial charge is 0.407 e. The summed E-state index contributed by atoms with van der Waals surface area (Å²) in [6.45, 7) is 0.392. The number of nitrogens with one attached hydrogen (secondary N) is 2. The zero-order valence-electron chi connectivity index (χ0n) is 20.6. The van der Waals surface area contributed by atoms with E-state index in [1.54, 1.807) is 53.2 Å². The van der Waals surface area contributed by atoms with Crippen molar-refractivity contribution >= 4 is 34.9 Å². The topological polar surface area (TPSA) is 62.7 Å². The van der Waals surface area contributed by atoms with Gasteiger partial charge in [-0.1, -0.05) is 66.2 Å². The standard InChI is InChI=1S/C29H24ClF3N4O.ClH/c30-23-11-12-25-24(16-23)26(36-35-25)17-34-28(29(31,32)33)22-5-3-4-21(15-22)14-19-7-9-20(10-8-19)18-37-13-2-1-6-27(37)38;/h1-13,15-16,28,34H,14,17-18H2,(H,35,36);1H. The normalized spacial score (nSPS) is 12.3. The zero-order valence-corrected chi connectivity index (χ0v) is 22.2. The molecule has 0 aliphatic heterocycles. The van der Waals surface area contributed by atoms with E-state index in [1.807, 2.05) is 30.3 Å². The van der Waals surface area contributed by atoms with Gasteiger partial charge in [-0.15, -0.1) is 12.4 Å². The predicted molar refractivity (Wildman–Crippen MR) is 149 cm³/mol. The van der Waals surface area contributed by atoms with Crippen molar-refractivity contribution in [1.82, 2.24) is 20.1 Å². The van der Waals surface area contributed by atoms with Gasteiger partial charge < -0.3 is 4.57 Å². The summed E-state index contributed by atoms with van der Waals surface area (Å²) in [6.07, 6.45) is -2.28. The van der Waals surface area contributed by atoms with Crippen LogP contribution in [-0.2, 0) is 19.5 Å². The van der Waals surface area contributed by atoms with Crippen LogP contribution < -0.4 is 10.9 Å². The number of fused-ring (bicyclic) bond motifs is 1. The minimum Gasteiger partial charge on any atom is -0.311 e. The maximum Gasteiger partial charge on any atom is 0.407 e. The Morgan fingerprint density at radius 3 is 2.44 bits per heavy atom. The van der Waals surface area contributed by atoms with Crippen molar-refractivity contribution in [2.45, 2.75) is 31.7 Å². The first-order chi connectivity index (χ1) is 18.3. The maximum absolute atomic E-state index is 14.1. The van der Waals surface area contributed by atoms with Gasteiger partial charge in [-0.3, -0.25) is 15.2 Å². The number of aromatic amines is 1. The molecule has 0 aliphatic rings. The highest BCUT2D eigenvalue weighted by Gasteiger charge is 2.40. The summed E-state index contributed by atoms with van der Waals surface area (Å²) in [4.78, 5) is 11.9. The number of halogens is 5. The van der Waals surface area contributed by atoms with Gasteiger partial charge in [0.2, 0.25) is 0 Å². The molecule has 0 bridgehead atoms. The van der Waals surface area contributed by atoms with Crippen LogP contribution in [0.2, 0.25) is 5.02 Å². The fraction of sp³-hybridized carbons (Fsp3) is 0.172. The number of benzene rings is 3. The molecular formula is C29H25Cl2F3N4O. The molecule has 39 heavy (non-hydrogen) atoms. The number of hydrogen-bond donors (Lipinski definition) is 2. The van der Waals surface area contributed by atoms with E-state index in [4.69, 9.17) is 11.6 Å². The molecule has 0 fully saturated rings. The lowest BCUT2D eigenvalue weighted by molar-refractivity contribution is -0.158. The number of nitrogens with zero attached hydrogens (tertiary/aromatic N) is 2. The van der Waals surface area contributed by atoms with Crippen LogP contribution in [-0.4, -0.2) is 20.9 Å². The van der Waals surface area contributed by atoms with Crippen LogP contribution in [0.25, 0.3) is 10.9 Å². The van der Waals surface area contributed by atoms with Gasteiger partial charge >= 0.3 is 6.18 Å². The Kier molecular flexibility index (Phi) is 8.80. The Balaban J connectivity index is 0.00000353. The number of pyridine rings is 1. The molecule has 0 saturated carbocycles. The molecule has 202 valence electrons. The Morgan fingerprint density at radius 1 is 0.923 bits per heavy atom. The minimum absolute atomic E-state index is 0. The highest BCUT2D eigenvalue weighted by Crippen LogP contribution is 2.34. The molecule has 0 amide bonds. The molecule has 0 radical (unpaired) electrons. The molecule has 2 aromatic heterocycles. The average Bonchev–Trinajstić information content (AvgIpc) is 3.28. The second kappa shape index (κ2) is 12.1. The van der Waals surface area contributed by atoms with Gasteiger partial charge in [0, 0.05) is 29.2 Å². The molecule has 1 atom stereocenters. The lowest BCUT2D eigenvalue weighted by Gasteiger charge is -2.22. The molecule has 5 aromatic rings. The first-order valence-corrected chi connectivity index (χ1v) is 12.4. The summed E-state index contributed by atoms with van der Waals surface area (Å²) in [7, 11) is 0. The number of H-pyrrole nitrogens is 1. The van der Waals surface area contributed by atoms with Crippen LogP contribution in [0, 0.1) is 0 Å². The van der Waals surface area contributed by atoms with E-state index < -0.39 is 12.2 Å². The third kappa shape index (κ3) is 6.89. The van der Waals surface area contributed by atoms with Crippen LogP contribution in [0.5, 0.6) is 0 Å². The van der Waals surface area contributed by atoms with E-state index in [0.29, 0.717) is 34.6 Å². The van der Waals surface area contributed by atoms with Crippen LogP contribution in [0.1, 0.15) is 34.0 Å². The fourth-order valence-electron chi connectivity index (χ4n) is 4.47. The smallest absolute Gasteiger partial charge is 0.311 e.